The second kappa shape index (κ2) is 5.88. The lowest BCUT2D eigenvalue weighted by Crippen LogP contribution is -2.26. The van der Waals surface area contributed by atoms with E-state index >= 15 is 0 Å². The molecule has 22 heavy (non-hydrogen) atoms. The molecule has 118 valence electrons. The quantitative estimate of drug-likeness (QED) is 0.928. The Morgan fingerprint density at radius 3 is 2.55 bits per heavy atom. The number of sulfone groups is 1. The van der Waals surface area contributed by atoms with E-state index in [1.165, 1.54) is 18.2 Å². The molecule has 0 unspecified atom stereocenters. The number of aromatic nitrogens is 1. The van der Waals surface area contributed by atoms with Gasteiger partial charge in [-0.25, -0.2) is 12.8 Å². The molecule has 1 aromatic heterocycles. The Bertz CT molecular complexity index is 814. The Morgan fingerprint density at radius 1 is 1.36 bits per heavy atom. The van der Waals surface area contributed by atoms with Gasteiger partial charge in [0.2, 0.25) is 5.76 Å². The molecule has 0 aliphatic rings. The number of benzene rings is 1. The molecule has 1 N–H and O–H groups in total. The summed E-state index contributed by atoms with van der Waals surface area (Å²) in [6.07, 6.45) is 0.933. The molecule has 0 spiro atoms. The highest BCUT2D eigenvalue weighted by Gasteiger charge is 2.18. The lowest BCUT2D eigenvalue weighted by atomic mass is 10.1. The molecule has 0 saturated heterocycles. The highest BCUT2D eigenvalue weighted by atomic mass is 32.2. The van der Waals surface area contributed by atoms with Crippen LogP contribution in [0.5, 0.6) is 0 Å². The number of carbonyl (C=O) groups excluding carboxylic acids is 1. The summed E-state index contributed by atoms with van der Waals surface area (Å²) in [5, 5.41) is 6.23. The van der Waals surface area contributed by atoms with Crippen LogP contribution in [0, 0.1) is 12.7 Å². The number of rotatable bonds is 4. The number of carbonyl (C=O) groups is 1. The molecular formula is C14H15FN2O4S. The van der Waals surface area contributed by atoms with Gasteiger partial charge >= 0.3 is 0 Å². The van der Waals surface area contributed by atoms with E-state index in [4.69, 9.17) is 4.52 Å². The Kier molecular flexibility index (Phi) is 4.32. The van der Waals surface area contributed by atoms with Crippen molar-refractivity contribution in [1.82, 2.24) is 10.5 Å². The van der Waals surface area contributed by atoms with Crippen molar-refractivity contribution < 1.29 is 22.1 Å². The van der Waals surface area contributed by atoms with Crippen LogP contribution in [0.2, 0.25) is 0 Å². The standard InChI is InChI=1S/C14H15FN2O4S/c1-8-6-12(21-17-8)14(18)16-9(2)10-4-5-13(11(15)7-10)22(3,19)20/h4-7,9H,1-3H3,(H,16,18)/t9-/m1/s1. The number of halogens is 1. The first-order valence-electron chi connectivity index (χ1n) is 6.42. The zero-order valence-corrected chi connectivity index (χ0v) is 13.1. The van der Waals surface area contributed by atoms with E-state index < -0.39 is 27.6 Å². The van der Waals surface area contributed by atoms with E-state index in [2.05, 4.69) is 10.5 Å². The first-order chi connectivity index (χ1) is 10.2. The van der Waals surface area contributed by atoms with Gasteiger partial charge in [0.05, 0.1) is 11.7 Å². The highest BCUT2D eigenvalue weighted by Crippen LogP contribution is 2.20. The fraction of sp³-hybridized carbons (Fsp3) is 0.286. The van der Waals surface area contributed by atoms with Crippen molar-refractivity contribution in [3.05, 3.63) is 47.1 Å². The van der Waals surface area contributed by atoms with Gasteiger partial charge in [-0.3, -0.25) is 4.79 Å². The Labute approximate surface area is 127 Å². The van der Waals surface area contributed by atoms with E-state index in [-0.39, 0.29) is 10.7 Å². The Balaban J connectivity index is 2.18. The van der Waals surface area contributed by atoms with Crippen LogP contribution in [0.4, 0.5) is 4.39 Å². The molecule has 0 aliphatic carbocycles. The fourth-order valence-corrected chi connectivity index (χ4v) is 2.64. The fourth-order valence-electron chi connectivity index (χ4n) is 1.91. The van der Waals surface area contributed by atoms with Crippen LogP contribution in [0.3, 0.4) is 0 Å². The van der Waals surface area contributed by atoms with Crippen LogP contribution in [-0.4, -0.2) is 25.7 Å². The van der Waals surface area contributed by atoms with Crippen molar-refractivity contribution in [1.29, 1.82) is 0 Å². The molecule has 1 heterocycles. The average molecular weight is 326 g/mol. The number of nitrogens with one attached hydrogen (secondary N) is 1. The number of nitrogens with zero attached hydrogens (tertiary/aromatic N) is 1. The second-order valence-electron chi connectivity index (χ2n) is 4.99. The third-order valence-corrected chi connectivity index (χ3v) is 4.18. The average Bonchev–Trinajstić information content (AvgIpc) is 2.83. The van der Waals surface area contributed by atoms with E-state index in [0.717, 1.165) is 12.3 Å². The molecule has 6 nitrogen and oxygen atoms in total. The van der Waals surface area contributed by atoms with Crippen molar-refractivity contribution >= 4 is 15.7 Å². The van der Waals surface area contributed by atoms with Crippen LogP contribution in [0.15, 0.2) is 33.7 Å². The summed E-state index contributed by atoms with van der Waals surface area (Å²) < 4.78 is 41.4. The molecule has 0 aliphatic heterocycles. The van der Waals surface area contributed by atoms with Gasteiger partial charge in [-0.15, -0.1) is 0 Å². The van der Waals surface area contributed by atoms with Gasteiger partial charge in [0.1, 0.15) is 10.7 Å². The van der Waals surface area contributed by atoms with Gasteiger partial charge in [0.25, 0.3) is 5.91 Å². The minimum atomic E-state index is -3.62. The van der Waals surface area contributed by atoms with Gasteiger partial charge in [0.15, 0.2) is 9.84 Å². The van der Waals surface area contributed by atoms with Crippen molar-refractivity contribution in [2.24, 2.45) is 0 Å². The molecule has 0 saturated carbocycles. The molecule has 2 aromatic rings. The summed E-state index contributed by atoms with van der Waals surface area (Å²) in [6, 6.07) is 4.68. The predicted molar refractivity (Wildman–Crippen MR) is 76.6 cm³/mol. The third kappa shape index (κ3) is 3.51. The lowest BCUT2D eigenvalue weighted by molar-refractivity contribution is 0.0902. The van der Waals surface area contributed by atoms with Crippen molar-refractivity contribution in [2.75, 3.05) is 6.26 Å². The largest absolute Gasteiger partial charge is 0.351 e. The number of aryl methyl sites for hydroxylation is 1. The van der Waals surface area contributed by atoms with E-state index in [0.29, 0.717) is 11.3 Å². The van der Waals surface area contributed by atoms with Crippen LogP contribution < -0.4 is 5.32 Å². The topological polar surface area (TPSA) is 89.3 Å². The van der Waals surface area contributed by atoms with Gasteiger partial charge in [-0.05, 0) is 31.5 Å². The van der Waals surface area contributed by atoms with Crippen LogP contribution in [0.25, 0.3) is 0 Å². The van der Waals surface area contributed by atoms with Gasteiger partial charge in [-0.2, -0.15) is 0 Å². The van der Waals surface area contributed by atoms with Crippen LogP contribution >= 0.6 is 0 Å². The number of amides is 1. The first-order valence-corrected chi connectivity index (χ1v) is 8.31. The van der Waals surface area contributed by atoms with E-state index in [9.17, 15) is 17.6 Å². The monoisotopic (exact) mass is 326 g/mol. The van der Waals surface area contributed by atoms with Crippen molar-refractivity contribution in [3.8, 4) is 0 Å². The minimum absolute atomic E-state index is 0.0533. The van der Waals surface area contributed by atoms with Crippen LogP contribution in [0.1, 0.15) is 34.8 Å². The zero-order chi connectivity index (χ0) is 16.5. The first kappa shape index (κ1) is 16.2. The molecule has 2 rings (SSSR count). The highest BCUT2D eigenvalue weighted by molar-refractivity contribution is 7.90. The number of hydrogen-bond donors (Lipinski definition) is 1. The van der Waals surface area contributed by atoms with Crippen molar-refractivity contribution in [3.63, 3.8) is 0 Å². The predicted octanol–water partition coefficient (Wildman–Crippen LogP) is 2.02. The molecule has 0 bridgehead atoms. The van der Waals surface area contributed by atoms with Crippen molar-refractivity contribution in [2.45, 2.75) is 24.8 Å². The summed E-state index contributed by atoms with van der Waals surface area (Å²) in [5.41, 5.74) is 1.01. The summed E-state index contributed by atoms with van der Waals surface area (Å²) in [7, 11) is -3.62. The van der Waals surface area contributed by atoms with Crippen LogP contribution in [-0.2, 0) is 9.84 Å². The molecule has 1 atom stereocenters. The summed E-state index contributed by atoms with van der Waals surface area (Å²) in [4.78, 5) is 11.5. The normalized spacial score (nSPS) is 12.9. The van der Waals surface area contributed by atoms with Gasteiger partial charge < -0.3 is 9.84 Å². The molecule has 1 aromatic carbocycles. The minimum Gasteiger partial charge on any atom is -0.351 e. The Hall–Kier alpha value is -2.22. The molecule has 1 amide bonds. The maximum absolute atomic E-state index is 13.8. The van der Waals surface area contributed by atoms with E-state index in [1.807, 2.05) is 0 Å². The zero-order valence-electron chi connectivity index (χ0n) is 12.3. The molecular weight excluding hydrogens is 311 g/mol. The second-order valence-corrected chi connectivity index (χ2v) is 6.97. The Morgan fingerprint density at radius 2 is 2.05 bits per heavy atom. The SMILES string of the molecule is Cc1cc(C(=O)N[C@H](C)c2ccc(S(C)(=O)=O)c(F)c2)on1. The van der Waals surface area contributed by atoms with Gasteiger partial charge in [-0.1, -0.05) is 11.2 Å². The molecule has 0 radical (unpaired) electrons. The summed E-state index contributed by atoms with van der Waals surface area (Å²) >= 11 is 0. The van der Waals surface area contributed by atoms with E-state index in [1.54, 1.807) is 13.8 Å². The number of hydrogen-bond acceptors (Lipinski definition) is 5. The smallest absolute Gasteiger partial charge is 0.290 e. The third-order valence-electron chi connectivity index (χ3n) is 3.05. The summed E-state index contributed by atoms with van der Waals surface area (Å²) in [6.45, 7) is 3.33. The molecule has 0 fully saturated rings. The van der Waals surface area contributed by atoms with Gasteiger partial charge in [0, 0.05) is 12.3 Å². The maximum Gasteiger partial charge on any atom is 0.290 e. The summed E-state index contributed by atoms with van der Waals surface area (Å²) in [5.74, 6) is -1.28. The lowest BCUT2D eigenvalue weighted by Gasteiger charge is -2.14. The molecule has 8 heteroatoms. The maximum atomic E-state index is 13.8.